The molecule has 1 aliphatic heterocycles. The van der Waals surface area contributed by atoms with Gasteiger partial charge in [0.05, 0.1) is 0 Å². The van der Waals surface area contributed by atoms with Gasteiger partial charge in [0.25, 0.3) is 5.91 Å². The topological polar surface area (TPSA) is 85.0 Å². The lowest BCUT2D eigenvalue weighted by Crippen LogP contribution is -2.49. The number of carbonyl (C=O) groups excluding carboxylic acids is 3. The predicted octanol–water partition coefficient (Wildman–Crippen LogP) is 3.72. The van der Waals surface area contributed by atoms with Crippen LogP contribution in [0, 0.1) is 6.92 Å². The molecule has 1 aliphatic rings. The van der Waals surface area contributed by atoms with E-state index < -0.39 is 0 Å². The van der Waals surface area contributed by atoms with Crippen LogP contribution in [0.4, 0.5) is 16.2 Å². The number of urea groups is 1. The maximum absolute atomic E-state index is 12.8. The minimum absolute atomic E-state index is 0.00180. The van der Waals surface area contributed by atoms with E-state index in [0.717, 1.165) is 29.9 Å². The highest BCUT2D eigenvalue weighted by Crippen LogP contribution is 2.20. The molecule has 188 valence electrons. The molecule has 3 rings (SSSR count). The van der Waals surface area contributed by atoms with Gasteiger partial charge in [-0.15, -0.1) is 0 Å². The highest BCUT2D eigenvalue weighted by atomic mass is 16.2. The highest BCUT2D eigenvalue weighted by molar-refractivity contribution is 5.95. The Balaban J connectivity index is 1.52. The van der Waals surface area contributed by atoms with Crippen LogP contribution in [0.15, 0.2) is 48.5 Å². The normalized spacial score (nSPS) is 13.7. The molecular weight excluding hydrogens is 442 g/mol. The van der Waals surface area contributed by atoms with E-state index in [1.165, 1.54) is 4.90 Å². The molecule has 0 saturated carbocycles. The number of rotatable bonds is 7. The van der Waals surface area contributed by atoms with Crippen molar-refractivity contribution in [3.05, 3.63) is 59.7 Å². The fourth-order valence-electron chi connectivity index (χ4n) is 3.98. The maximum atomic E-state index is 12.8. The van der Waals surface area contributed by atoms with Crippen molar-refractivity contribution in [2.75, 3.05) is 42.9 Å². The lowest BCUT2D eigenvalue weighted by atomic mass is 10.1. The number of carbonyl (C=O) groups is 3. The van der Waals surface area contributed by atoms with Crippen LogP contribution < -0.4 is 15.5 Å². The lowest BCUT2D eigenvalue weighted by molar-refractivity contribution is -0.117. The molecule has 8 heteroatoms. The SMILES string of the molecule is Cc1ccc(C(=O)N2CCN(c3ccc(NC(=O)CN(C(=O)NC(C)C)C(C)C)cc3)CC2)cc1. The summed E-state index contributed by atoms with van der Waals surface area (Å²) in [5, 5.41) is 5.71. The van der Waals surface area contributed by atoms with Crippen molar-refractivity contribution in [1.82, 2.24) is 15.1 Å². The van der Waals surface area contributed by atoms with Crippen molar-refractivity contribution in [2.45, 2.75) is 46.7 Å². The second kappa shape index (κ2) is 11.7. The van der Waals surface area contributed by atoms with E-state index in [1.54, 1.807) is 0 Å². The first-order valence-corrected chi connectivity index (χ1v) is 12.2. The van der Waals surface area contributed by atoms with Crippen LogP contribution in [-0.2, 0) is 4.79 Å². The van der Waals surface area contributed by atoms with Crippen molar-refractivity contribution < 1.29 is 14.4 Å². The first-order valence-electron chi connectivity index (χ1n) is 12.2. The molecule has 2 N–H and O–H groups in total. The first-order chi connectivity index (χ1) is 16.6. The largest absolute Gasteiger partial charge is 0.368 e. The average Bonchev–Trinajstić information content (AvgIpc) is 2.82. The molecule has 1 fully saturated rings. The van der Waals surface area contributed by atoms with Crippen LogP contribution in [0.25, 0.3) is 0 Å². The zero-order valence-electron chi connectivity index (χ0n) is 21.4. The molecule has 0 aromatic heterocycles. The summed E-state index contributed by atoms with van der Waals surface area (Å²) >= 11 is 0. The lowest BCUT2D eigenvalue weighted by Gasteiger charge is -2.36. The summed E-state index contributed by atoms with van der Waals surface area (Å²) in [6, 6.07) is 15.0. The molecule has 8 nitrogen and oxygen atoms in total. The number of hydrogen-bond acceptors (Lipinski definition) is 4. The van der Waals surface area contributed by atoms with Crippen LogP contribution in [-0.4, -0.2) is 72.5 Å². The van der Waals surface area contributed by atoms with Gasteiger partial charge in [0, 0.05) is 55.2 Å². The zero-order chi connectivity index (χ0) is 25.5. The molecular formula is C27H37N5O3. The molecule has 4 amide bonds. The van der Waals surface area contributed by atoms with Crippen LogP contribution in [0.5, 0.6) is 0 Å². The monoisotopic (exact) mass is 479 g/mol. The molecule has 0 bridgehead atoms. The van der Waals surface area contributed by atoms with Crippen molar-refractivity contribution in [2.24, 2.45) is 0 Å². The Morgan fingerprint density at radius 1 is 0.886 bits per heavy atom. The maximum Gasteiger partial charge on any atom is 0.318 e. The predicted molar refractivity (Wildman–Crippen MR) is 140 cm³/mol. The molecule has 0 unspecified atom stereocenters. The van der Waals surface area contributed by atoms with Crippen molar-refractivity contribution >= 4 is 29.2 Å². The molecule has 0 aliphatic carbocycles. The second-order valence-corrected chi connectivity index (χ2v) is 9.57. The van der Waals surface area contributed by atoms with Gasteiger partial charge in [-0.1, -0.05) is 17.7 Å². The molecule has 0 radical (unpaired) electrons. The quantitative estimate of drug-likeness (QED) is 0.634. The van der Waals surface area contributed by atoms with E-state index in [9.17, 15) is 14.4 Å². The number of hydrogen-bond donors (Lipinski definition) is 2. The van der Waals surface area contributed by atoms with Gasteiger partial charge in [0.2, 0.25) is 5.91 Å². The van der Waals surface area contributed by atoms with Crippen LogP contribution in [0.2, 0.25) is 0 Å². The van der Waals surface area contributed by atoms with Crippen molar-refractivity contribution in [3.63, 3.8) is 0 Å². The van der Waals surface area contributed by atoms with Gasteiger partial charge in [-0.05, 0) is 71.0 Å². The Morgan fingerprint density at radius 3 is 2.03 bits per heavy atom. The fraction of sp³-hybridized carbons (Fsp3) is 0.444. The van der Waals surface area contributed by atoms with E-state index in [2.05, 4.69) is 15.5 Å². The van der Waals surface area contributed by atoms with E-state index in [1.807, 2.05) is 88.0 Å². The van der Waals surface area contributed by atoms with E-state index in [0.29, 0.717) is 18.8 Å². The number of piperazine rings is 1. The minimum Gasteiger partial charge on any atom is -0.368 e. The molecule has 1 saturated heterocycles. The number of anilines is 2. The number of nitrogens with zero attached hydrogens (tertiary/aromatic N) is 3. The summed E-state index contributed by atoms with van der Waals surface area (Å²) in [6.07, 6.45) is 0. The van der Waals surface area contributed by atoms with Crippen LogP contribution in [0.3, 0.4) is 0 Å². The molecule has 35 heavy (non-hydrogen) atoms. The minimum atomic E-state index is -0.250. The molecule has 0 atom stereocenters. The second-order valence-electron chi connectivity index (χ2n) is 9.57. The third-order valence-electron chi connectivity index (χ3n) is 5.99. The van der Waals surface area contributed by atoms with Gasteiger partial charge in [0.15, 0.2) is 0 Å². The van der Waals surface area contributed by atoms with E-state index in [-0.39, 0.29) is 36.5 Å². The van der Waals surface area contributed by atoms with Gasteiger partial charge in [0.1, 0.15) is 6.54 Å². The van der Waals surface area contributed by atoms with Gasteiger partial charge in [-0.25, -0.2) is 4.79 Å². The zero-order valence-corrected chi connectivity index (χ0v) is 21.4. The van der Waals surface area contributed by atoms with Gasteiger partial charge in [-0.2, -0.15) is 0 Å². The van der Waals surface area contributed by atoms with Crippen molar-refractivity contribution in [1.29, 1.82) is 0 Å². The summed E-state index contributed by atoms with van der Waals surface area (Å²) < 4.78 is 0. The summed E-state index contributed by atoms with van der Waals surface area (Å²) in [5.74, 6) is -0.172. The smallest absolute Gasteiger partial charge is 0.318 e. The van der Waals surface area contributed by atoms with Gasteiger partial charge < -0.3 is 25.3 Å². The van der Waals surface area contributed by atoms with E-state index >= 15 is 0 Å². The van der Waals surface area contributed by atoms with Crippen LogP contribution >= 0.6 is 0 Å². The highest BCUT2D eigenvalue weighted by Gasteiger charge is 2.23. The Morgan fingerprint density at radius 2 is 1.49 bits per heavy atom. The fourth-order valence-corrected chi connectivity index (χ4v) is 3.98. The van der Waals surface area contributed by atoms with E-state index in [4.69, 9.17) is 0 Å². The summed E-state index contributed by atoms with van der Waals surface area (Å²) in [6.45, 7) is 12.4. The average molecular weight is 480 g/mol. The van der Waals surface area contributed by atoms with Gasteiger partial charge >= 0.3 is 6.03 Å². The third kappa shape index (κ3) is 7.21. The molecule has 1 heterocycles. The molecule has 0 spiro atoms. The van der Waals surface area contributed by atoms with Crippen molar-refractivity contribution in [3.8, 4) is 0 Å². The van der Waals surface area contributed by atoms with Gasteiger partial charge in [-0.3, -0.25) is 9.59 Å². The number of aryl methyl sites for hydroxylation is 1. The Kier molecular flexibility index (Phi) is 8.73. The summed E-state index contributed by atoms with van der Waals surface area (Å²) in [5.41, 5.74) is 3.59. The van der Waals surface area contributed by atoms with Crippen LogP contribution in [0.1, 0.15) is 43.6 Å². The Labute approximate surface area is 208 Å². The standard InChI is InChI=1S/C27H37N5O3/c1-19(2)28-27(35)32(20(3)4)18-25(33)29-23-10-12-24(13-11-23)30-14-16-31(17-15-30)26(34)22-8-6-21(5)7-9-22/h6-13,19-20H,14-18H2,1-5H3,(H,28,35)(H,29,33). The first kappa shape index (κ1) is 26.1. The number of amides is 4. The Bertz CT molecular complexity index is 1010. The summed E-state index contributed by atoms with van der Waals surface area (Å²) in [4.78, 5) is 43.3. The third-order valence-corrected chi connectivity index (χ3v) is 5.99. The Hall–Kier alpha value is -3.55. The number of benzene rings is 2. The summed E-state index contributed by atoms with van der Waals surface area (Å²) in [7, 11) is 0. The number of nitrogens with one attached hydrogen (secondary N) is 2. The molecule has 2 aromatic carbocycles. The molecule has 2 aromatic rings.